The molecule has 1 aliphatic heterocycles. The lowest BCUT2D eigenvalue weighted by molar-refractivity contribution is 0.262. The molecule has 2 atom stereocenters. The van der Waals surface area contributed by atoms with Crippen molar-refractivity contribution in [2.45, 2.75) is 33.6 Å². The van der Waals surface area contributed by atoms with Crippen LogP contribution in [0.15, 0.2) is 54.6 Å². The average molecular weight is 332 g/mol. The van der Waals surface area contributed by atoms with E-state index in [1.807, 2.05) is 12.1 Å². The van der Waals surface area contributed by atoms with Crippen LogP contribution in [-0.2, 0) is 6.42 Å². The summed E-state index contributed by atoms with van der Waals surface area (Å²) in [6.45, 7) is 9.29. The van der Waals surface area contributed by atoms with Gasteiger partial charge in [0.25, 0.3) is 0 Å². The van der Waals surface area contributed by atoms with Gasteiger partial charge in [0.05, 0.1) is 11.6 Å². The van der Waals surface area contributed by atoms with E-state index in [-0.39, 0.29) is 0 Å². The van der Waals surface area contributed by atoms with Crippen molar-refractivity contribution in [3.05, 3.63) is 65.7 Å². The van der Waals surface area contributed by atoms with Crippen molar-refractivity contribution in [3.63, 3.8) is 0 Å². The third kappa shape index (κ3) is 4.63. The van der Waals surface area contributed by atoms with Crippen molar-refractivity contribution < 1.29 is 0 Å². The van der Waals surface area contributed by atoms with Gasteiger partial charge < -0.3 is 4.90 Å². The highest BCUT2D eigenvalue weighted by Gasteiger charge is 2.35. The summed E-state index contributed by atoms with van der Waals surface area (Å²) in [5, 5.41) is 8.99. The summed E-state index contributed by atoms with van der Waals surface area (Å²) >= 11 is 0. The molecule has 0 N–H and O–H groups in total. The Balaban J connectivity index is 1.77. The van der Waals surface area contributed by atoms with Crippen molar-refractivity contribution in [1.82, 2.24) is 0 Å². The molecule has 0 unspecified atom stereocenters. The molecule has 3 rings (SSSR count). The zero-order valence-electron chi connectivity index (χ0n) is 15.6. The molecule has 0 bridgehead atoms. The van der Waals surface area contributed by atoms with Crippen LogP contribution in [0, 0.1) is 28.6 Å². The van der Waals surface area contributed by atoms with Crippen LogP contribution in [-0.4, -0.2) is 13.1 Å². The van der Waals surface area contributed by atoms with Gasteiger partial charge in [-0.05, 0) is 59.9 Å². The Morgan fingerprint density at radius 3 is 2.20 bits per heavy atom. The van der Waals surface area contributed by atoms with Crippen molar-refractivity contribution in [3.8, 4) is 6.07 Å². The number of nitriles is 1. The topological polar surface area (TPSA) is 27.0 Å². The highest BCUT2D eigenvalue weighted by molar-refractivity contribution is 5.47. The van der Waals surface area contributed by atoms with E-state index in [4.69, 9.17) is 5.26 Å². The molecule has 2 aromatic carbocycles. The second-order valence-corrected chi connectivity index (χ2v) is 8.54. The molecule has 130 valence electrons. The number of nitrogens with zero attached hydrogens (tertiary/aromatic N) is 2. The van der Waals surface area contributed by atoms with Gasteiger partial charge in [0.2, 0.25) is 0 Å². The van der Waals surface area contributed by atoms with E-state index in [9.17, 15) is 0 Å². The first-order valence-corrected chi connectivity index (χ1v) is 9.24. The van der Waals surface area contributed by atoms with Gasteiger partial charge in [-0.2, -0.15) is 5.26 Å². The number of hydrogen-bond acceptors (Lipinski definition) is 2. The molecule has 2 heteroatoms. The van der Waals surface area contributed by atoms with Crippen molar-refractivity contribution in [2.75, 3.05) is 18.0 Å². The van der Waals surface area contributed by atoms with E-state index >= 15 is 0 Å². The molecule has 0 aliphatic carbocycles. The largest absolute Gasteiger partial charge is 0.371 e. The molecule has 0 saturated carbocycles. The normalized spacial score (nSPS) is 20.5. The summed E-state index contributed by atoms with van der Waals surface area (Å²) in [6, 6.07) is 21.1. The molecule has 0 radical (unpaired) electrons. The molecule has 1 heterocycles. The lowest BCUT2D eigenvalue weighted by atomic mass is 9.78. The summed E-state index contributed by atoms with van der Waals surface area (Å²) in [5.74, 6) is 1.36. The number of para-hydroxylation sites is 1. The molecule has 0 amide bonds. The number of anilines is 1. The lowest BCUT2D eigenvalue weighted by Gasteiger charge is -2.26. The Labute approximate surface area is 152 Å². The van der Waals surface area contributed by atoms with Crippen LogP contribution < -0.4 is 4.90 Å². The summed E-state index contributed by atoms with van der Waals surface area (Å²) in [5.41, 5.74) is 3.77. The van der Waals surface area contributed by atoms with Gasteiger partial charge in [0.15, 0.2) is 0 Å². The first kappa shape index (κ1) is 17.5. The maximum atomic E-state index is 8.99. The quantitative estimate of drug-likeness (QED) is 0.760. The predicted molar refractivity (Wildman–Crippen MR) is 105 cm³/mol. The molecular weight excluding hydrogens is 304 g/mol. The van der Waals surface area contributed by atoms with Crippen molar-refractivity contribution in [1.29, 1.82) is 5.26 Å². The number of rotatable bonds is 4. The third-order valence-corrected chi connectivity index (χ3v) is 5.15. The Kier molecular flexibility index (Phi) is 5.13. The van der Waals surface area contributed by atoms with Crippen LogP contribution in [0.2, 0.25) is 0 Å². The number of benzene rings is 2. The molecule has 1 fully saturated rings. The van der Waals surface area contributed by atoms with Gasteiger partial charge in [0, 0.05) is 18.8 Å². The molecule has 0 spiro atoms. The van der Waals surface area contributed by atoms with Gasteiger partial charge in [-0.25, -0.2) is 0 Å². The lowest BCUT2D eigenvalue weighted by Crippen LogP contribution is -2.21. The zero-order valence-corrected chi connectivity index (χ0v) is 15.6. The minimum atomic E-state index is 0.348. The zero-order chi connectivity index (χ0) is 17.9. The fourth-order valence-electron chi connectivity index (χ4n) is 4.06. The van der Waals surface area contributed by atoms with Crippen LogP contribution in [0.3, 0.4) is 0 Å². The Morgan fingerprint density at radius 2 is 1.60 bits per heavy atom. The second-order valence-electron chi connectivity index (χ2n) is 8.54. The predicted octanol–water partition coefficient (Wildman–Crippen LogP) is 5.29. The van der Waals surface area contributed by atoms with Crippen LogP contribution in [0.25, 0.3) is 0 Å². The minimum absolute atomic E-state index is 0.348. The van der Waals surface area contributed by atoms with Crippen LogP contribution >= 0.6 is 0 Å². The van der Waals surface area contributed by atoms with Gasteiger partial charge in [-0.3, -0.25) is 0 Å². The van der Waals surface area contributed by atoms with Gasteiger partial charge in [-0.15, -0.1) is 0 Å². The van der Waals surface area contributed by atoms with Crippen LogP contribution in [0.1, 0.15) is 38.3 Å². The van der Waals surface area contributed by atoms with Crippen LogP contribution in [0.5, 0.6) is 0 Å². The number of hydrogen-bond donors (Lipinski definition) is 0. The third-order valence-electron chi connectivity index (χ3n) is 5.15. The van der Waals surface area contributed by atoms with Crippen LogP contribution in [0.4, 0.5) is 5.69 Å². The second kappa shape index (κ2) is 7.31. The Morgan fingerprint density at radius 1 is 0.960 bits per heavy atom. The monoisotopic (exact) mass is 332 g/mol. The smallest absolute Gasteiger partial charge is 0.0991 e. The molecule has 1 aliphatic rings. The molecule has 0 aromatic heterocycles. The van der Waals surface area contributed by atoms with Gasteiger partial charge >= 0.3 is 0 Å². The maximum absolute atomic E-state index is 8.99. The first-order valence-electron chi connectivity index (χ1n) is 9.24. The highest BCUT2D eigenvalue weighted by atomic mass is 15.2. The van der Waals surface area contributed by atoms with E-state index in [2.05, 4.69) is 74.2 Å². The van der Waals surface area contributed by atoms with E-state index in [0.29, 0.717) is 17.3 Å². The molecule has 25 heavy (non-hydrogen) atoms. The van der Waals surface area contributed by atoms with E-state index < -0.39 is 0 Å². The minimum Gasteiger partial charge on any atom is -0.371 e. The SMILES string of the molecule is CC(C)(C)C[C@@H]1CN(c2ccccc2)C[C@@H]1Cc1ccc(C#N)cc1. The molecule has 2 nitrogen and oxygen atoms in total. The Hall–Kier alpha value is -2.27. The maximum Gasteiger partial charge on any atom is 0.0991 e. The molecule has 1 saturated heterocycles. The molecule has 2 aromatic rings. The van der Waals surface area contributed by atoms with Gasteiger partial charge in [-0.1, -0.05) is 51.1 Å². The average Bonchev–Trinajstić information content (AvgIpc) is 2.97. The summed E-state index contributed by atoms with van der Waals surface area (Å²) in [4.78, 5) is 2.55. The molecular formula is C23H28N2. The van der Waals surface area contributed by atoms with E-state index in [1.54, 1.807) is 0 Å². The summed E-state index contributed by atoms with van der Waals surface area (Å²) < 4.78 is 0. The first-order chi connectivity index (χ1) is 11.9. The van der Waals surface area contributed by atoms with Crippen molar-refractivity contribution >= 4 is 5.69 Å². The Bertz CT molecular complexity index is 719. The fourth-order valence-corrected chi connectivity index (χ4v) is 4.06. The van der Waals surface area contributed by atoms with Crippen molar-refractivity contribution in [2.24, 2.45) is 17.3 Å². The fraction of sp³-hybridized carbons (Fsp3) is 0.435. The van der Waals surface area contributed by atoms with E-state index in [1.165, 1.54) is 17.7 Å². The highest BCUT2D eigenvalue weighted by Crippen LogP contribution is 2.37. The standard InChI is InChI=1S/C23H28N2/c1-23(2,3)14-21-17-25(22-7-5-4-6-8-22)16-20(21)13-18-9-11-19(15-24)12-10-18/h4-12,20-21H,13-14,16-17H2,1-3H3/t20-,21+/m0/s1. The summed E-state index contributed by atoms with van der Waals surface area (Å²) in [7, 11) is 0. The van der Waals surface area contributed by atoms with Gasteiger partial charge in [0.1, 0.15) is 0 Å². The summed E-state index contributed by atoms with van der Waals surface area (Å²) in [6.07, 6.45) is 2.34. The van der Waals surface area contributed by atoms with E-state index in [0.717, 1.165) is 25.1 Å².